The van der Waals surface area contributed by atoms with Gasteiger partial charge in [-0.3, -0.25) is 4.90 Å². The van der Waals surface area contributed by atoms with Crippen LogP contribution < -0.4 is 0 Å². The van der Waals surface area contributed by atoms with Crippen molar-refractivity contribution in [2.75, 3.05) is 32.2 Å². The van der Waals surface area contributed by atoms with E-state index in [9.17, 15) is 30.1 Å². The summed E-state index contributed by atoms with van der Waals surface area (Å²) in [5.74, 6) is -0.288. The Morgan fingerprint density at radius 2 is 1.90 bits per heavy atom. The van der Waals surface area contributed by atoms with Crippen molar-refractivity contribution in [1.29, 1.82) is 0 Å². The smallest absolute Gasteiger partial charge is 0.345 e. The summed E-state index contributed by atoms with van der Waals surface area (Å²) in [4.78, 5) is 24.9. The lowest BCUT2D eigenvalue weighted by Gasteiger charge is -2.52. The molecule has 0 aromatic rings. The number of urea groups is 1. The highest BCUT2D eigenvalue weighted by Gasteiger charge is 2.60. The molecule has 0 aromatic carbocycles. The number of carbonyl (C=O) groups excluding carboxylic acids is 1. The summed E-state index contributed by atoms with van der Waals surface area (Å²) in [6, 6.07) is -1.03. The molecule has 29 heavy (non-hydrogen) atoms. The molecule has 1 aliphatic rings. The van der Waals surface area contributed by atoms with Crippen LogP contribution in [0.5, 0.6) is 0 Å². The average Bonchev–Trinajstić information content (AvgIpc) is 2.67. The first-order valence-electron chi connectivity index (χ1n) is 9.49. The third-order valence-electron chi connectivity index (χ3n) is 4.37. The highest BCUT2D eigenvalue weighted by Crippen LogP contribution is 2.35. The topological polar surface area (TPSA) is 152 Å². The maximum Gasteiger partial charge on any atom is 0.345 e. The van der Waals surface area contributed by atoms with Crippen LogP contribution in [0.1, 0.15) is 27.7 Å². The van der Waals surface area contributed by atoms with Crippen LogP contribution >= 0.6 is 11.6 Å². The van der Waals surface area contributed by atoms with Gasteiger partial charge in [-0.2, -0.15) is 5.01 Å². The second kappa shape index (κ2) is 11.3. The normalized spacial score (nSPS) is 29.9. The molecule has 0 aromatic heterocycles. The van der Waals surface area contributed by atoms with Gasteiger partial charge in [0.2, 0.25) is 12.0 Å². The monoisotopic (exact) mass is 441 g/mol. The minimum absolute atomic E-state index is 0.0121. The van der Waals surface area contributed by atoms with Gasteiger partial charge in [0, 0.05) is 12.4 Å². The third kappa shape index (κ3) is 5.97. The molecule has 4 N–H and O–H groups in total. The van der Waals surface area contributed by atoms with E-state index in [2.05, 4.69) is 5.29 Å². The zero-order valence-corrected chi connectivity index (χ0v) is 17.9. The van der Waals surface area contributed by atoms with Gasteiger partial charge in [0.15, 0.2) is 0 Å². The first kappa shape index (κ1) is 26.0. The SMILES string of the molecule is CC(C)CO[C@H]1O[C@H](CO)[C@@H](O)[C@H](O)[C@@]1(O)N(CC(C)C)C(=O)N(CCCl)N=O. The molecule has 0 spiro atoms. The first-order valence-corrected chi connectivity index (χ1v) is 10.0. The van der Waals surface area contributed by atoms with E-state index in [-0.39, 0.29) is 37.4 Å². The number of rotatable bonds is 10. The molecule has 0 bridgehead atoms. The van der Waals surface area contributed by atoms with Gasteiger partial charge in [-0.05, 0) is 11.8 Å². The number of carbonyl (C=O) groups is 1. The largest absolute Gasteiger partial charge is 0.394 e. The van der Waals surface area contributed by atoms with Crippen molar-refractivity contribution >= 4 is 17.6 Å². The summed E-state index contributed by atoms with van der Waals surface area (Å²) in [6.45, 7) is 6.26. The van der Waals surface area contributed by atoms with E-state index < -0.39 is 43.0 Å². The van der Waals surface area contributed by atoms with Crippen LogP contribution in [0.3, 0.4) is 0 Å². The molecule has 12 heteroatoms. The summed E-state index contributed by atoms with van der Waals surface area (Å²) in [6.07, 6.45) is -6.54. The van der Waals surface area contributed by atoms with Crippen molar-refractivity contribution in [2.45, 2.75) is 58.0 Å². The Balaban J connectivity index is 3.42. The molecular formula is C17H32ClN3O8. The van der Waals surface area contributed by atoms with Gasteiger partial charge in [-0.25, -0.2) is 4.79 Å². The second-order valence-corrected chi connectivity index (χ2v) is 8.19. The van der Waals surface area contributed by atoms with Gasteiger partial charge >= 0.3 is 6.03 Å². The molecule has 1 aliphatic heterocycles. The molecule has 1 rings (SSSR count). The van der Waals surface area contributed by atoms with Crippen LogP contribution in [0.25, 0.3) is 0 Å². The second-order valence-electron chi connectivity index (χ2n) is 7.82. The van der Waals surface area contributed by atoms with E-state index in [0.29, 0.717) is 5.01 Å². The molecule has 0 aliphatic carbocycles. The molecule has 1 fully saturated rings. The number of hydrogen-bond acceptors (Lipinski definition) is 9. The summed E-state index contributed by atoms with van der Waals surface area (Å²) < 4.78 is 11.1. The summed E-state index contributed by atoms with van der Waals surface area (Å²) in [5, 5.41) is 45.1. The molecule has 5 atom stereocenters. The first-order chi connectivity index (χ1) is 13.5. The Hall–Kier alpha value is -1.08. The summed E-state index contributed by atoms with van der Waals surface area (Å²) in [7, 11) is 0. The van der Waals surface area contributed by atoms with Crippen LogP contribution in [0.15, 0.2) is 5.29 Å². The lowest BCUT2D eigenvalue weighted by atomic mass is 9.91. The van der Waals surface area contributed by atoms with E-state index >= 15 is 0 Å². The van der Waals surface area contributed by atoms with Crippen molar-refractivity contribution in [3.8, 4) is 0 Å². The number of amides is 2. The van der Waals surface area contributed by atoms with Crippen LogP contribution in [-0.4, -0.2) is 98.9 Å². The van der Waals surface area contributed by atoms with Gasteiger partial charge in [-0.15, -0.1) is 16.5 Å². The van der Waals surface area contributed by atoms with Gasteiger partial charge in [0.1, 0.15) is 18.3 Å². The van der Waals surface area contributed by atoms with Crippen molar-refractivity contribution < 1.29 is 34.7 Å². The quantitative estimate of drug-likeness (QED) is 0.161. The van der Waals surface area contributed by atoms with Gasteiger partial charge in [-0.1, -0.05) is 27.7 Å². The Labute approximate surface area is 175 Å². The Morgan fingerprint density at radius 3 is 2.34 bits per heavy atom. The fraction of sp³-hybridized carbons (Fsp3) is 0.941. The number of nitrogens with zero attached hydrogens (tertiary/aromatic N) is 3. The van der Waals surface area contributed by atoms with Gasteiger partial charge in [0.05, 0.1) is 25.0 Å². The van der Waals surface area contributed by atoms with E-state index in [1.54, 1.807) is 13.8 Å². The van der Waals surface area contributed by atoms with E-state index in [4.69, 9.17) is 21.1 Å². The zero-order chi connectivity index (χ0) is 22.4. The fourth-order valence-corrected chi connectivity index (χ4v) is 3.11. The molecule has 0 radical (unpaired) electrons. The highest BCUT2D eigenvalue weighted by atomic mass is 35.5. The van der Waals surface area contributed by atoms with E-state index in [1.165, 1.54) is 0 Å². The number of aliphatic hydroxyl groups is 4. The number of aliphatic hydroxyl groups excluding tert-OH is 3. The van der Waals surface area contributed by atoms with Crippen molar-refractivity contribution in [3.05, 3.63) is 4.91 Å². The third-order valence-corrected chi connectivity index (χ3v) is 4.54. The number of hydrogen-bond donors (Lipinski definition) is 4. The van der Waals surface area contributed by atoms with Crippen molar-refractivity contribution in [3.63, 3.8) is 0 Å². The van der Waals surface area contributed by atoms with Gasteiger partial charge < -0.3 is 29.9 Å². The molecule has 11 nitrogen and oxygen atoms in total. The number of ether oxygens (including phenoxy) is 2. The number of nitroso groups, excluding NO2 is 1. The molecule has 0 unspecified atom stereocenters. The van der Waals surface area contributed by atoms with Crippen LogP contribution in [0.2, 0.25) is 0 Å². The molecule has 2 amide bonds. The molecule has 1 saturated heterocycles. The van der Waals surface area contributed by atoms with Gasteiger partial charge in [0.25, 0.3) is 0 Å². The van der Waals surface area contributed by atoms with Crippen LogP contribution in [-0.2, 0) is 9.47 Å². The average molecular weight is 442 g/mol. The number of alkyl halides is 1. The van der Waals surface area contributed by atoms with Crippen molar-refractivity contribution in [1.82, 2.24) is 9.91 Å². The molecule has 1 heterocycles. The Bertz CT molecular complexity index is 541. The summed E-state index contributed by atoms with van der Waals surface area (Å²) >= 11 is 5.61. The van der Waals surface area contributed by atoms with Crippen LogP contribution in [0.4, 0.5) is 4.79 Å². The lowest BCUT2D eigenvalue weighted by Crippen LogP contribution is -2.75. The molecule has 170 valence electrons. The fourth-order valence-electron chi connectivity index (χ4n) is 2.95. The standard InChI is InChI=1S/C17H32ClN3O8/c1-10(2)7-20(16(25)21(19-27)6-5-18)17(26)14(24)13(23)12(8-22)29-15(17)28-9-11(3)4/h10-15,22-24,26H,5-9H2,1-4H3/t12-,13-,14+,15+,17+/m1/s1. The lowest BCUT2D eigenvalue weighted by molar-refractivity contribution is -0.374. The maximum atomic E-state index is 13.0. The predicted octanol–water partition coefficient (Wildman–Crippen LogP) is 0.0868. The van der Waals surface area contributed by atoms with E-state index in [0.717, 1.165) is 4.90 Å². The Morgan fingerprint density at radius 1 is 1.28 bits per heavy atom. The van der Waals surface area contributed by atoms with Crippen LogP contribution in [0, 0.1) is 16.7 Å². The molecule has 0 saturated carbocycles. The minimum atomic E-state index is -2.56. The predicted molar refractivity (Wildman–Crippen MR) is 104 cm³/mol. The van der Waals surface area contributed by atoms with E-state index in [1.807, 2.05) is 13.8 Å². The number of halogens is 1. The Kier molecular flexibility index (Phi) is 10.2. The molecular weight excluding hydrogens is 410 g/mol. The zero-order valence-electron chi connectivity index (χ0n) is 17.1. The maximum absolute atomic E-state index is 13.0. The van der Waals surface area contributed by atoms with Crippen molar-refractivity contribution in [2.24, 2.45) is 17.1 Å². The highest BCUT2D eigenvalue weighted by molar-refractivity contribution is 6.18. The minimum Gasteiger partial charge on any atom is -0.394 e. The summed E-state index contributed by atoms with van der Waals surface area (Å²) in [5.41, 5.74) is -2.56.